The van der Waals surface area contributed by atoms with Crippen molar-refractivity contribution in [1.82, 2.24) is 0 Å². The molecule has 150 valence electrons. The Kier molecular flexibility index (Phi) is 8.74. The number of phosphoric acid groups is 1. The lowest BCUT2D eigenvalue weighted by molar-refractivity contribution is 0.282. The van der Waals surface area contributed by atoms with Gasteiger partial charge in [0.25, 0.3) is 0 Å². The van der Waals surface area contributed by atoms with Crippen molar-refractivity contribution in [1.29, 1.82) is 0 Å². The van der Waals surface area contributed by atoms with E-state index in [0.717, 1.165) is 23.1 Å². The molecule has 0 atom stereocenters. The summed E-state index contributed by atoms with van der Waals surface area (Å²) in [6, 6.07) is 12.5. The molecule has 0 saturated heterocycles. The summed E-state index contributed by atoms with van der Waals surface area (Å²) < 4.78 is 15.6. The van der Waals surface area contributed by atoms with E-state index >= 15 is 0 Å². The van der Waals surface area contributed by atoms with Crippen LogP contribution in [-0.2, 0) is 11.0 Å². The molecule has 0 aliphatic rings. The van der Waals surface area contributed by atoms with E-state index in [1.807, 2.05) is 33.8 Å². The lowest BCUT2D eigenvalue weighted by atomic mass is 9.95. The van der Waals surface area contributed by atoms with Crippen LogP contribution in [0.1, 0.15) is 74.3 Å². The molecule has 4 nitrogen and oxygen atoms in total. The van der Waals surface area contributed by atoms with Crippen molar-refractivity contribution in [3.63, 3.8) is 0 Å². The molecule has 0 unspecified atom stereocenters. The fourth-order valence-corrected chi connectivity index (χ4v) is 3.43. The number of benzene rings is 2. The second kappa shape index (κ2) is 10.1. The molecule has 2 N–H and O–H groups in total. The van der Waals surface area contributed by atoms with E-state index in [1.165, 1.54) is 11.1 Å². The first-order valence-corrected chi connectivity index (χ1v) is 10.9. The van der Waals surface area contributed by atoms with Gasteiger partial charge in [-0.2, -0.15) is 0 Å². The van der Waals surface area contributed by atoms with Gasteiger partial charge in [-0.3, -0.25) is 9.79 Å². The van der Waals surface area contributed by atoms with Crippen molar-refractivity contribution in [2.75, 3.05) is 0 Å². The van der Waals surface area contributed by atoms with Crippen LogP contribution in [0.2, 0.25) is 0 Å². The molecule has 0 heterocycles. The summed E-state index contributed by atoms with van der Waals surface area (Å²) >= 11 is 0. The van der Waals surface area contributed by atoms with Crippen molar-refractivity contribution < 1.29 is 18.9 Å². The summed E-state index contributed by atoms with van der Waals surface area (Å²) in [6.45, 7) is 14.3. The molecule has 0 fully saturated rings. The minimum absolute atomic E-state index is 0.155. The minimum Gasteiger partial charge on any atom is -0.404 e. The lowest BCUT2D eigenvalue weighted by Crippen LogP contribution is -2.00. The summed E-state index contributed by atoms with van der Waals surface area (Å²) in [4.78, 5) is 17.7. The highest BCUT2D eigenvalue weighted by atomic mass is 31.2. The first-order valence-electron chi connectivity index (χ1n) is 9.39. The quantitative estimate of drug-likeness (QED) is 0.589. The van der Waals surface area contributed by atoms with Crippen LogP contribution in [0.15, 0.2) is 36.4 Å². The standard InChI is InChI=1S/C11H17O4P.C11H16/c1-7(2)11-9(4)5-8(3)6-10(11)15-16(12,13)14;1-4-10-5-7-11(8-6-10)9(2)3/h5-7H,1-4H3,(H2,12,13,14);5-9H,4H2,1-3H3. The van der Waals surface area contributed by atoms with Crippen molar-refractivity contribution in [2.24, 2.45) is 0 Å². The third kappa shape index (κ3) is 7.88. The van der Waals surface area contributed by atoms with E-state index in [1.54, 1.807) is 6.07 Å². The van der Waals surface area contributed by atoms with E-state index in [4.69, 9.17) is 14.3 Å². The molecule has 2 aromatic carbocycles. The zero-order valence-corrected chi connectivity index (χ0v) is 18.4. The van der Waals surface area contributed by atoms with Crippen LogP contribution in [0.25, 0.3) is 0 Å². The smallest absolute Gasteiger partial charge is 0.404 e. The summed E-state index contributed by atoms with van der Waals surface area (Å²) in [7, 11) is -4.49. The maximum atomic E-state index is 10.9. The largest absolute Gasteiger partial charge is 0.524 e. The molecule has 0 bridgehead atoms. The second-order valence-corrected chi connectivity index (χ2v) is 8.64. The van der Waals surface area contributed by atoms with Gasteiger partial charge in [0.1, 0.15) is 5.75 Å². The predicted octanol–water partition coefficient (Wildman–Crippen LogP) is 6.27. The second-order valence-electron chi connectivity index (χ2n) is 7.48. The van der Waals surface area contributed by atoms with Gasteiger partial charge in [-0.1, -0.05) is 65.0 Å². The maximum absolute atomic E-state index is 10.9. The number of aryl methyl sites for hydroxylation is 3. The Labute approximate surface area is 163 Å². The van der Waals surface area contributed by atoms with Crippen molar-refractivity contribution in [2.45, 2.75) is 66.7 Å². The van der Waals surface area contributed by atoms with Crippen molar-refractivity contribution in [3.05, 3.63) is 64.2 Å². The van der Waals surface area contributed by atoms with Crippen LogP contribution in [0.3, 0.4) is 0 Å². The Bertz CT molecular complexity index is 774. The number of phosphoric ester groups is 1. The molecule has 2 aromatic rings. The zero-order valence-electron chi connectivity index (χ0n) is 17.5. The van der Waals surface area contributed by atoms with Gasteiger partial charge in [-0.15, -0.1) is 0 Å². The molecule has 0 aliphatic heterocycles. The van der Waals surface area contributed by atoms with E-state index in [0.29, 0.717) is 5.92 Å². The van der Waals surface area contributed by atoms with Gasteiger partial charge in [-0.25, -0.2) is 4.57 Å². The molecule has 0 spiro atoms. The minimum atomic E-state index is -4.49. The topological polar surface area (TPSA) is 66.8 Å². The summed E-state index contributed by atoms with van der Waals surface area (Å²) in [5.74, 6) is 1.09. The molecule has 0 saturated carbocycles. The van der Waals surface area contributed by atoms with Crippen LogP contribution in [0.4, 0.5) is 0 Å². The van der Waals surface area contributed by atoms with Gasteiger partial charge < -0.3 is 4.52 Å². The molecular formula is C22H33O4P. The summed E-state index contributed by atoms with van der Waals surface area (Å²) in [6.07, 6.45) is 1.14. The summed E-state index contributed by atoms with van der Waals surface area (Å²) in [5.41, 5.74) is 5.61. The van der Waals surface area contributed by atoms with Crippen LogP contribution >= 0.6 is 7.82 Å². The molecular weight excluding hydrogens is 359 g/mol. The third-order valence-electron chi connectivity index (χ3n) is 4.34. The Morgan fingerprint density at radius 1 is 0.963 bits per heavy atom. The molecule has 0 amide bonds. The fourth-order valence-electron chi connectivity index (χ4n) is 3.02. The Hall–Kier alpha value is -1.61. The molecule has 2 rings (SSSR count). The normalized spacial score (nSPS) is 11.4. The van der Waals surface area contributed by atoms with Gasteiger partial charge in [0.2, 0.25) is 0 Å². The first kappa shape index (κ1) is 23.4. The van der Waals surface area contributed by atoms with E-state index in [-0.39, 0.29) is 11.7 Å². The monoisotopic (exact) mass is 392 g/mol. The number of rotatable bonds is 5. The molecule has 5 heteroatoms. The van der Waals surface area contributed by atoms with Crippen LogP contribution in [-0.4, -0.2) is 9.79 Å². The number of hydrogen-bond donors (Lipinski definition) is 2. The average molecular weight is 392 g/mol. The van der Waals surface area contributed by atoms with Crippen molar-refractivity contribution >= 4 is 7.82 Å². The highest BCUT2D eigenvalue weighted by Gasteiger charge is 2.21. The van der Waals surface area contributed by atoms with Gasteiger partial charge in [0.05, 0.1) is 0 Å². The SMILES string of the molecule is CCc1ccc(C(C)C)cc1.Cc1cc(C)c(C(C)C)c(OP(=O)(O)O)c1. The molecule has 0 aliphatic carbocycles. The molecule has 0 aromatic heterocycles. The zero-order chi connectivity index (χ0) is 20.8. The maximum Gasteiger partial charge on any atom is 0.524 e. The lowest BCUT2D eigenvalue weighted by Gasteiger charge is -2.17. The number of hydrogen-bond acceptors (Lipinski definition) is 2. The average Bonchev–Trinajstić information content (AvgIpc) is 2.52. The fraction of sp³-hybridized carbons (Fsp3) is 0.455. The van der Waals surface area contributed by atoms with Crippen LogP contribution in [0, 0.1) is 13.8 Å². The molecule has 0 radical (unpaired) electrons. The molecule has 27 heavy (non-hydrogen) atoms. The van der Waals surface area contributed by atoms with Crippen LogP contribution in [0.5, 0.6) is 5.75 Å². The highest BCUT2D eigenvalue weighted by molar-refractivity contribution is 7.46. The van der Waals surface area contributed by atoms with Crippen molar-refractivity contribution in [3.8, 4) is 5.75 Å². The first-order chi connectivity index (χ1) is 12.4. The van der Waals surface area contributed by atoms with E-state index in [2.05, 4.69) is 45.0 Å². The predicted molar refractivity (Wildman–Crippen MR) is 113 cm³/mol. The third-order valence-corrected chi connectivity index (χ3v) is 4.78. The van der Waals surface area contributed by atoms with E-state index < -0.39 is 7.82 Å². The Morgan fingerprint density at radius 2 is 1.52 bits per heavy atom. The van der Waals surface area contributed by atoms with Gasteiger partial charge in [0, 0.05) is 5.56 Å². The Balaban J connectivity index is 0.000000289. The van der Waals surface area contributed by atoms with Gasteiger partial charge >= 0.3 is 7.82 Å². The Morgan fingerprint density at radius 3 is 1.93 bits per heavy atom. The highest BCUT2D eigenvalue weighted by Crippen LogP contribution is 2.42. The van der Waals surface area contributed by atoms with Crippen LogP contribution < -0.4 is 4.52 Å². The van der Waals surface area contributed by atoms with E-state index in [9.17, 15) is 4.57 Å². The van der Waals surface area contributed by atoms with Gasteiger partial charge in [0.15, 0.2) is 0 Å². The van der Waals surface area contributed by atoms with Gasteiger partial charge in [-0.05, 0) is 60.4 Å². The summed E-state index contributed by atoms with van der Waals surface area (Å²) in [5, 5.41) is 0.